The molecule has 0 saturated carbocycles. The molecule has 7 heteroatoms. The second kappa shape index (κ2) is 9.37. The highest BCUT2D eigenvalue weighted by atomic mass is 16.5. The van der Waals surface area contributed by atoms with Crippen LogP contribution in [0.1, 0.15) is 18.1 Å². The lowest BCUT2D eigenvalue weighted by Crippen LogP contribution is -2.43. The smallest absolute Gasteiger partial charge is 0.330 e. The zero-order valence-corrected chi connectivity index (χ0v) is 12.9. The van der Waals surface area contributed by atoms with Crippen LogP contribution in [0.3, 0.4) is 0 Å². The van der Waals surface area contributed by atoms with Crippen LogP contribution < -0.4 is 5.32 Å². The molecule has 0 aliphatic carbocycles. The van der Waals surface area contributed by atoms with E-state index >= 15 is 0 Å². The predicted octanol–water partition coefficient (Wildman–Crippen LogP) is 0.497. The number of benzene rings is 1. The first-order valence-corrected chi connectivity index (χ1v) is 6.85. The van der Waals surface area contributed by atoms with Crippen molar-refractivity contribution in [2.75, 3.05) is 14.2 Å². The predicted molar refractivity (Wildman–Crippen MR) is 81.1 cm³/mol. The fourth-order valence-electron chi connectivity index (χ4n) is 1.76. The van der Waals surface area contributed by atoms with Crippen molar-refractivity contribution in [3.8, 4) is 0 Å². The van der Waals surface area contributed by atoms with Gasteiger partial charge in [0.1, 0.15) is 6.04 Å². The Hall–Kier alpha value is -2.67. The molecule has 1 rings (SSSR count). The molecule has 0 aliphatic heterocycles. The van der Waals surface area contributed by atoms with E-state index in [1.165, 1.54) is 20.3 Å². The van der Waals surface area contributed by atoms with E-state index in [4.69, 9.17) is 0 Å². The van der Waals surface area contributed by atoms with Gasteiger partial charge >= 0.3 is 11.9 Å². The van der Waals surface area contributed by atoms with Crippen LogP contribution in [0.25, 0.3) is 0 Å². The van der Waals surface area contributed by atoms with E-state index in [0.29, 0.717) is 5.56 Å². The molecule has 0 aliphatic rings. The lowest BCUT2D eigenvalue weighted by Gasteiger charge is -2.17. The van der Waals surface area contributed by atoms with Gasteiger partial charge in [-0.1, -0.05) is 36.4 Å². The van der Waals surface area contributed by atoms with Gasteiger partial charge in [0.05, 0.1) is 14.2 Å². The molecule has 0 aromatic heterocycles. The van der Waals surface area contributed by atoms with Crippen molar-refractivity contribution >= 4 is 17.8 Å². The van der Waals surface area contributed by atoms with Gasteiger partial charge in [0.15, 0.2) is 6.10 Å². The molecule has 0 heterocycles. The van der Waals surface area contributed by atoms with Gasteiger partial charge in [-0.2, -0.15) is 0 Å². The molecule has 0 fully saturated rings. The number of carbonyl (C=O) groups excluding carboxylic acids is 3. The minimum absolute atomic E-state index is 0.0228. The first kappa shape index (κ1) is 18.4. The summed E-state index contributed by atoms with van der Waals surface area (Å²) in [6, 6.07) is 7.28. The van der Waals surface area contributed by atoms with Gasteiger partial charge in [-0.15, -0.1) is 0 Å². The third-order valence-corrected chi connectivity index (χ3v) is 2.99. The highest BCUT2D eigenvalue weighted by Crippen LogP contribution is 2.12. The maximum atomic E-state index is 12.0. The summed E-state index contributed by atoms with van der Waals surface area (Å²) < 4.78 is 9.02. The molecule has 0 bridgehead atoms. The zero-order valence-electron chi connectivity index (χ0n) is 12.9. The number of methoxy groups -OCH3 is 2. The average Bonchev–Trinajstić information content (AvgIpc) is 2.59. The Morgan fingerprint density at radius 1 is 1.17 bits per heavy atom. The van der Waals surface area contributed by atoms with Crippen LogP contribution >= 0.6 is 0 Å². The first-order valence-electron chi connectivity index (χ1n) is 6.85. The van der Waals surface area contributed by atoms with Crippen LogP contribution in [0, 0.1) is 0 Å². The number of hydrogen-bond donors (Lipinski definition) is 2. The molecule has 0 saturated heterocycles. The second-order valence-corrected chi connectivity index (χ2v) is 4.56. The Labute approximate surface area is 133 Å². The summed E-state index contributed by atoms with van der Waals surface area (Å²) in [4.78, 5) is 34.7. The van der Waals surface area contributed by atoms with Crippen LogP contribution in [-0.2, 0) is 23.9 Å². The maximum absolute atomic E-state index is 12.0. The molecule has 1 amide bonds. The normalized spacial score (nSPS) is 13.2. The molecular formula is C16H19NO6. The molecule has 0 radical (unpaired) electrons. The maximum Gasteiger partial charge on any atom is 0.330 e. The monoisotopic (exact) mass is 321 g/mol. The number of ether oxygens (including phenoxy) is 2. The van der Waals surface area contributed by atoms with Crippen molar-refractivity contribution in [2.45, 2.75) is 18.6 Å². The van der Waals surface area contributed by atoms with Gasteiger partial charge < -0.3 is 19.9 Å². The van der Waals surface area contributed by atoms with Crippen molar-refractivity contribution < 1.29 is 29.0 Å². The number of nitrogens with one attached hydrogen (secondary N) is 1. The Balaban J connectivity index is 2.72. The van der Waals surface area contributed by atoms with Gasteiger partial charge in [-0.05, 0) is 12.0 Å². The average molecular weight is 321 g/mol. The Bertz CT molecular complexity index is 569. The van der Waals surface area contributed by atoms with Crippen LogP contribution in [0.5, 0.6) is 0 Å². The molecule has 0 spiro atoms. The second-order valence-electron chi connectivity index (χ2n) is 4.56. The van der Waals surface area contributed by atoms with E-state index < -0.39 is 30.0 Å². The largest absolute Gasteiger partial charge is 0.467 e. The number of aliphatic hydroxyl groups excluding tert-OH is 1. The molecule has 1 aromatic carbocycles. The molecule has 124 valence electrons. The van der Waals surface area contributed by atoms with Crippen molar-refractivity contribution in [3.63, 3.8) is 0 Å². The van der Waals surface area contributed by atoms with E-state index in [1.54, 1.807) is 30.3 Å². The number of rotatable bonds is 7. The minimum atomic E-state index is -1.41. The minimum Gasteiger partial charge on any atom is -0.467 e. The molecular weight excluding hydrogens is 302 g/mol. The lowest BCUT2D eigenvalue weighted by atomic mass is 10.1. The molecule has 0 unspecified atom stereocenters. The summed E-state index contributed by atoms with van der Waals surface area (Å²) >= 11 is 0. The van der Waals surface area contributed by atoms with Crippen molar-refractivity contribution in [2.24, 2.45) is 0 Å². The standard InChI is InChI=1S/C16H19NO6/c1-22-13(18)10-6-9-12(16(21)23-2)17-15(20)14(19)11-7-4-3-5-8-11/h3-8,10,12,14,19H,9H2,1-2H3,(H,17,20)/b10-6+/t12-,14+/m1/s1. The number of amides is 1. The van der Waals surface area contributed by atoms with Gasteiger partial charge in [-0.25, -0.2) is 9.59 Å². The number of carbonyl (C=O) groups is 3. The fourth-order valence-corrected chi connectivity index (χ4v) is 1.76. The molecule has 2 N–H and O–H groups in total. The Morgan fingerprint density at radius 2 is 1.83 bits per heavy atom. The lowest BCUT2D eigenvalue weighted by molar-refractivity contribution is -0.146. The van der Waals surface area contributed by atoms with E-state index in [2.05, 4.69) is 14.8 Å². The van der Waals surface area contributed by atoms with Crippen molar-refractivity contribution in [3.05, 3.63) is 48.0 Å². The molecule has 23 heavy (non-hydrogen) atoms. The Kier molecular flexibility index (Phi) is 7.49. The topological polar surface area (TPSA) is 102 Å². The molecule has 2 atom stereocenters. The third-order valence-electron chi connectivity index (χ3n) is 2.99. The summed E-state index contributed by atoms with van der Waals surface area (Å²) in [6.07, 6.45) is 1.13. The van der Waals surface area contributed by atoms with E-state index in [9.17, 15) is 19.5 Å². The van der Waals surface area contributed by atoms with Crippen LogP contribution in [-0.4, -0.2) is 43.2 Å². The summed E-state index contributed by atoms with van der Waals surface area (Å²) in [5, 5.41) is 12.4. The summed E-state index contributed by atoms with van der Waals surface area (Å²) in [6.45, 7) is 0. The summed E-state index contributed by atoms with van der Waals surface area (Å²) in [5.74, 6) is -2.00. The number of aliphatic hydroxyl groups is 1. The van der Waals surface area contributed by atoms with Crippen molar-refractivity contribution in [1.29, 1.82) is 0 Å². The molecule has 1 aromatic rings. The van der Waals surface area contributed by atoms with Gasteiger partial charge in [-0.3, -0.25) is 4.79 Å². The van der Waals surface area contributed by atoms with Crippen LogP contribution in [0.15, 0.2) is 42.5 Å². The van der Waals surface area contributed by atoms with E-state index in [0.717, 1.165) is 6.08 Å². The SMILES string of the molecule is COC(=O)/C=C/C[C@@H](NC(=O)[C@@H](O)c1ccccc1)C(=O)OC. The quantitative estimate of drug-likeness (QED) is 0.560. The highest BCUT2D eigenvalue weighted by Gasteiger charge is 2.25. The van der Waals surface area contributed by atoms with E-state index in [-0.39, 0.29) is 6.42 Å². The Morgan fingerprint density at radius 3 is 2.39 bits per heavy atom. The summed E-state index contributed by atoms with van der Waals surface area (Å²) in [7, 11) is 2.40. The highest BCUT2D eigenvalue weighted by molar-refractivity contribution is 5.88. The van der Waals surface area contributed by atoms with Gasteiger partial charge in [0.2, 0.25) is 0 Å². The van der Waals surface area contributed by atoms with Crippen LogP contribution in [0.4, 0.5) is 0 Å². The first-order chi connectivity index (χ1) is 11.0. The fraction of sp³-hybridized carbons (Fsp3) is 0.312. The molecule has 7 nitrogen and oxygen atoms in total. The van der Waals surface area contributed by atoms with E-state index in [1.807, 2.05) is 0 Å². The van der Waals surface area contributed by atoms with Gasteiger partial charge in [0, 0.05) is 6.08 Å². The number of esters is 2. The summed E-state index contributed by atoms with van der Waals surface area (Å²) in [5.41, 5.74) is 0.402. The third kappa shape index (κ3) is 5.91. The van der Waals surface area contributed by atoms with Crippen molar-refractivity contribution in [1.82, 2.24) is 5.32 Å². The van der Waals surface area contributed by atoms with Crippen LogP contribution in [0.2, 0.25) is 0 Å². The zero-order chi connectivity index (χ0) is 17.2. The number of hydrogen-bond acceptors (Lipinski definition) is 6. The van der Waals surface area contributed by atoms with Gasteiger partial charge in [0.25, 0.3) is 5.91 Å².